The van der Waals surface area contributed by atoms with Gasteiger partial charge in [0.1, 0.15) is 11.5 Å². The summed E-state index contributed by atoms with van der Waals surface area (Å²) >= 11 is 0. The molecule has 0 unspecified atom stereocenters. The van der Waals surface area contributed by atoms with Gasteiger partial charge in [-0.15, -0.1) is 0 Å². The lowest BCUT2D eigenvalue weighted by Crippen LogP contribution is -2.24. The summed E-state index contributed by atoms with van der Waals surface area (Å²) in [5, 5.41) is 20.2. The third-order valence-corrected chi connectivity index (χ3v) is 5.01. The fraction of sp³-hybridized carbons (Fsp3) is 0.429. The van der Waals surface area contributed by atoms with Gasteiger partial charge >= 0.3 is 0 Å². The van der Waals surface area contributed by atoms with E-state index in [2.05, 4.69) is 38.1 Å². The van der Waals surface area contributed by atoms with E-state index >= 15 is 0 Å². The monoisotopic (exact) mass is 312 g/mol. The first-order chi connectivity index (χ1) is 10.7. The molecule has 2 aromatic rings. The molecule has 0 aliphatic rings. The van der Waals surface area contributed by atoms with Gasteiger partial charge in [0.25, 0.3) is 0 Å². The van der Waals surface area contributed by atoms with Gasteiger partial charge < -0.3 is 10.2 Å². The van der Waals surface area contributed by atoms with Gasteiger partial charge in [-0.25, -0.2) is 0 Å². The molecule has 0 spiro atoms. The fourth-order valence-corrected chi connectivity index (χ4v) is 3.50. The molecular formula is C21H28O2. The van der Waals surface area contributed by atoms with Crippen molar-refractivity contribution >= 4 is 0 Å². The molecule has 0 fully saturated rings. The number of hydrogen-bond acceptors (Lipinski definition) is 2. The van der Waals surface area contributed by atoms with Crippen LogP contribution in [0.2, 0.25) is 0 Å². The molecular weight excluding hydrogens is 284 g/mol. The third-order valence-electron chi connectivity index (χ3n) is 5.01. The van der Waals surface area contributed by atoms with Crippen LogP contribution in [0.5, 0.6) is 11.5 Å². The van der Waals surface area contributed by atoms with Crippen molar-refractivity contribution in [1.82, 2.24) is 0 Å². The summed E-state index contributed by atoms with van der Waals surface area (Å²) in [5.41, 5.74) is 5.95. The largest absolute Gasteiger partial charge is 0.507 e. The normalized spacial score (nSPS) is 11.7. The van der Waals surface area contributed by atoms with E-state index in [1.165, 1.54) is 11.1 Å². The highest BCUT2D eigenvalue weighted by Crippen LogP contribution is 2.41. The maximum absolute atomic E-state index is 10.1. The molecule has 0 saturated heterocycles. The maximum atomic E-state index is 10.1. The maximum Gasteiger partial charge on any atom is 0.121 e. The predicted molar refractivity (Wildman–Crippen MR) is 96.5 cm³/mol. The molecule has 0 amide bonds. The van der Waals surface area contributed by atoms with E-state index in [0.29, 0.717) is 11.5 Å². The quantitative estimate of drug-likeness (QED) is 0.789. The number of hydrogen-bond donors (Lipinski definition) is 2. The number of aromatic hydroxyl groups is 2. The smallest absolute Gasteiger partial charge is 0.121 e. The van der Waals surface area contributed by atoms with Crippen LogP contribution in [0.25, 0.3) is 0 Å². The van der Waals surface area contributed by atoms with Crippen molar-refractivity contribution in [2.75, 3.05) is 0 Å². The highest BCUT2D eigenvalue weighted by atomic mass is 16.3. The Morgan fingerprint density at radius 3 is 1.30 bits per heavy atom. The number of phenols is 2. The Balaban J connectivity index is 2.69. The average Bonchev–Trinajstić information content (AvgIpc) is 2.49. The molecule has 0 saturated carbocycles. The van der Waals surface area contributed by atoms with E-state index in [9.17, 15) is 10.2 Å². The van der Waals surface area contributed by atoms with Gasteiger partial charge in [-0.2, -0.15) is 0 Å². The van der Waals surface area contributed by atoms with Crippen molar-refractivity contribution in [2.45, 2.75) is 59.8 Å². The Morgan fingerprint density at radius 2 is 1.04 bits per heavy atom. The standard InChI is InChI=1S/C21H28O2/c1-7-8-21(6,17-9-13(2)19(22)14(3)10-17)18-11-15(4)20(23)16(5)12-18/h9-12,22-23H,7-8H2,1-6H3. The van der Waals surface area contributed by atoms with E-state index in [1.807, 2.05) is 27.7 Å². The van der Waals surface area contributed by atoms with E-state index in [4.69, 9.17) is 0 Å². The lowest BCUT2D eigenvalue weighted by Gasteiger charge is -2.32. The highest BCUT2D eigenvalue weighted by molar-refractivity contribution is 5.51. The summed E-state index contributed by atoms with van der Waals surface area (Å²) in [6, 6.07) is 8.37. The van der Waals surface area contributed by atoms with Gasteiger partial charge in [0, 0.05) is 5.41 Å². The summed E-state index contributed by atoms with van der Waals surface area (Å²) in [6.07, 6.45) is 2.08. The lowest BCUT2D eigenvalue weighted by atomic mass is 9.71. The number of phenolic OH excluding ortho intramolecular Hbond substituents is 2. The molecule has 0 atom stereocenters. The second-order valence-corrected chi connectivity index (χ2v) is 7.00. The molecule has 0 radical (unpaired) electrons. The molecule has 2 rings (SSSR count). The summed E-state index contributed by atoms with van der Waals surface area (Å²) in [5.74, 6) is 0.760. The van der Waals surface area contributed by atoms with Crippen LogP contribution < -0.4 is 0 Å². The second kappa shape index (κ2) is 6.27. The number of benzene rings is 2. The van der Waals surface area contributed by atoms with Gasteiger partial charge in [-0.3, -0.25) is 0 Å². The van der Waals surface area contributed by atoms with Crippen molar-refractivity contribution in [3.8, 4) is 11.5 Å². The van der Waals surface area contributed by atoms with Crippen LogP contribution in [0.15, 0.2) is 24.3 Å². The van der Waals surface area contributed by atoms with E-state index in [1.54, 1.807) is 0 Å². The van der Waals surface area contributed by atoms with E-state index in [0.717, 1.165) is 35.1 Å². The Morgan fingerprint density at radius 1 is 0.739 bits per heavy atom. The van der Waals surface area contributed by atoms with Crippen molar-refractivity contribution in [1.29, 1.82) is 0 Å². The molecule has 2 N–H and O–H groups in total. The zero-order chi connectivity index (χ0) is 17.4. The second-order valence-electron chi connectivity index (χ2n) is 7.00. The van der Waals surface area contributed by atoms with Crippen molar-refractivity contribution in [3.05, 3.63) is 57.6 Å². The minimum absolute atomic E-state index is 0.138. The van der Waals surface area contributed by atoms with E-state index < -0.39 is 0 Å². The van der Waals surface area contributed by atoms with Crippen LogP contribution >= 0.6 is 0 Å². The van der Waals surface area contributed by atoms with Gasteiger partial charge in [0.15, 0.2) is 0 Å². The average molecular weight is 312 g/mol. The molecule has 2 nitrogen and oxygen atoms in total. The van der Waals surface area contributed by atoms with Crippen LogP contribution in [0.3, 0.4) is 0 Å². The Hall–Kier alpha value is -1.96. The van der Waals surface area contributed by atoms with Crippen LogP contribution in [0.1, 0.15) is 60.1 Å². The number of rotatable bonds is 4. The third kappa shape index (κ3) is 3.08. The van der Waals surface area contributed by atoms with Crippen LogP contribution in [0.4, 0.5) is 0 Å². The number of aryl methyl sites for hydroxylation is 4. The van der Waals surface area contributed by atoms with Crippen LogP contribution in [-0.2, 0) is 5.41 Å². The van der Waals surface area contributed by atoms with Crippen molar-refractivity contribution in [3.63, 3.8) is 0 Å². The topological polar surface area (TPSA) is 40.5 Å². The Bertz CT molecular complexity index is 625. The van der Waals surface area contributed by atoms with Crippen molar-refractivity contribution in [2.24, 2.45) is 0 Å². The van der Waals surface area contributed by atoms with Crippen LogP contribution in [0, 0.1) is 27.7 Å². The summed E-state index contributed by atoms with van der Waals surface area (Å²) in [4.78, 5) is 0. The molecule has 2 heteroatoms. The molecule has 0 aliphatic heterocycles. The van der Waals surface area contributed by atoms with Gasteiger partial charge in [0.05, 0.1) is 0 Å². The zero-order valence-electron chi connectivity index (χ0n) is 15.1. The molecule has 2 aromatic carbocycles. The molecule has 23 heavy (non-hydrogen) atoms. The van der Waals surface area contributed by atoms with Crippen molar-refractivity contribution < 1.29 is 10.2 Å². The first-order valence-corrected chi connectivity index (χ1v) is 8.32. The first-order valence-electron chi connectivity index (χ1n) is 8.32. The lowest BCUT2D eigenvalue weighted by molar-refractivity contribution is 0.460. The minimum atomic E-state index is -0.138. The highest BCUT2D eigenvalue weighted by Gasteiger charge is 2.30. The molecule has 124 valence electrons. The molecule has 0 aliphatic carbocycles. The molecule has 0 heterocycles. The summed E-state index contributed by atoms with van der Waals surface area (Å²) in [7, 11) is 0. The minimum Gasteiger partial charge on any atom is -0.507 e. The van der Waals surface area contributed by atoms with Gasteiger partial charge in [-0.1, -0.05) is 44.5 Å². The Kier molecular flexibility index (Phi) is 4.74. The summed E-state index contributed by atoms with van der Waals surface area (Å²) < 4.78 is 0. The van der Waals surface area contributed by atoms with Gasteiger partial charge in [-0.05, 0) is 67.5 Å². The molecule has 0 bridgehead atoms. The summed E-state index contributed by atoms with van der Waals surface area (Å²) in [6.45, 7) is 12.2. The molecule has 0 aromatic heterocycles. The SMILES string of the molecule is CCCC(C)(c1cc(C)c(O)c(C)c1)c1cc(C)c(O)c(C)c1. The Labute approximate surface area is 139 Å². The van der Waals surface area contributed by atoms with Crippen LogP contribution in [-0.4, -0.2) is 10.2 Å². The van der Waals surface area contributed by atoms with E-state index in [-0.39, 0.29) is 5.41 Å². The van der Waals surface area contributed by atoms with Gasteiger partial charge in [0.2, 0.25) is 0 Å². The first kappa shape index (κ1) is 17.4. The zero-order valence-corrected chi connectivity index (χ0v) is 15.1. The fourth-order valence-electron chi connectivity index (χ4n) is 3.50. The predicted octanol–water partition coefficient (Wildman–Crippen LogP) is 5.44.